The average Bonchev–Trinajstić information content (AvgIpc) is 3.00. The van der Waals surface area contributed by atoms with Gasteiger partial charge in [-0.1, -0.05) is 0 Å². The molecule has 0 amide bonds. The summed E-state index contributed by atoms with van der Waals surface area (Å²) in [6, 6.07) is 5.06. The molecule has 3 rings (SSSR count). The van der Waals surface area contributed by atoms with E-state index in [1.54, 1.807) is 6.92 Å². The Kier molecular flexibility index (Phi) is 3.93. The summed E-state index contributed by atoms with van der Waals surface area (Å²) in [5.41, 5.74) is -0.807. The van der Waals surface area contributed by atoms with Gasteiger partial charge in [0.05, 0.1) is 6.54 Å². The van der Waals surface area contributed by atoms with Gasteiger partial charge in [-0.3, -0.25) is 4.57 Å². The van der Waals surface area contributed by atoms with Crippen molar-refractivity contribution in [2.24, 2.45) is 0 Å². The highest BCUT2D eigenvalue weighted by atomic mass is 19.4. The summed E-state index contributed by atoms with van der Waals surface area (Å²) in [6.07, 6.45) is -3.49. The van der Waals surface area contributed by atoms with E-state index >= 15 is 0 Å². The van der Waals surface area contributed by atoms with Crippen LogP contribution in [0.25, 0.3) is 0 Å². The van der Waals surface area contributed by atoms with Crippen molar-refractivity contribution in [3.63, 3.8) is 0 Å². The lowest BCUT2D eigenvalue weighted by Crippen LogP contribution is -2.38. The Morgan fingerprint density at radius 3 is 2.56 bits per heavy atom. The number of nitro groups is 1. The van der Waals surface area contributed by atoms with Crippen molar-refractivity contribution in [1.29, 1.82) is 0 Å². The van der Waals surface area contributed by atoms with E-state index in [4.69, 9.17) is 9.47 Å². The molecule has 0 spiro atoms. The molecule has 0 saturated carbocycles. The van der Waals surface area contributed by atoms with Crippen molar-refractivity contribution < 1.29 is 32.3 Å². The van der Waals surface area contributed by atoms with Crippen LogP contribution in [0.4, 0.5) is 19.0 Å². The van der Waals surface area contributed by atoms with E-state index in [0.29, 0.717) is 12.3 Å². The van der Waals surface area contributed by atoms with Gasteiger partial charge in [0.2, 0.25) is 0 Å². The molecule has 1 atom stereocenters. The SMILES string of the molecule is C[C@]1(COc2ccc(OC(F)(F)F)cc2)Cn2cc([N+](=O)[O-])nc2O1. The van der Waals surface area contributed by atoms with Crippen LogP contribution in [0.5, 0.6) is 17.5 Å². The molecule has 0 fully saturated rings. The van der Waals surface area contributed by atoms with Crippen LogP contribution in [0, 0.1) is 10.1 Å². The van der Waals surface area contributed by atoms with E-state index in [1.165, 1.54) is 22.9 Å². The highest BCUT2D eigenvalue weighted by Crippen LogP contribution is 2.32. The molecule has 1 aromatic heterocycles. The fourth-order valence-corrected chi connectivity index (χ4v) is 2.33. The smallest absolute Gasteiger partial charge is 0.489 e. The van der Waals surface area contributed by atoms with E-state index in [-0.39, 0.29) is 24.2 Å². The lowest BCUT2D eigenvalue weighted by molar-refractivity contribution is -0.389. The van der Waals surface area contributed by atoms with Crippen LogP contribution in [-0.2, 0) is 6.54 Å². The van der Waals surface area contributed by atoms with Gasteiger partial charge < -0.3 is 24.3 Å². The highest BCUT2D eigenvalue weighted by Gasteiger charge is 2.41. The van der Waals surface area contributed by atoms with Crippen molar-refractivity contribution in [3.05, 3.63) is 40.6 Å². The first-order valence-electron chi connectivity index (χ1n) is 7.03. The molecule has 1 aliphatic heterocycles. The Labute approximate surface area is 138 Å². The molecule has 134 valence electrons. The van der Waals surface area contributed by atoms with Crippen molar-refractivity contribution >= 4 is 5.82 Å². The molecular formula is C14H12F3N3O5. The molecule has 1 aliphatic rings. The summed E-state index contributed by atoms with van der Waals surface area (Å²) in [5.74, 6) is -0.330. The molecular weight excluding hydrogens is 347 g/mol. The van der Waals surface area contributed by atoms with Crippen LogP contribution >= 0.6 is 0 Å². The maximum absolute atomic E-state index is 12.1. The average molecular weight is 359 g/mol. The molecule has 25 heavy (non-hydrogen) atoms. The minimum atomic E-state index is -4.75. The van der Waals surface area contributed by atoms with Crippen LogP contribution in [0.3, 0.4) is 0 Å². The number of hydrogen-bond acceptors (Lipinski definition) is 6. The Morgan fingerprint density at radius 1 is 1.36 bits per heavy atom. The molecule has 0 unspecified atom stereocenters. The van der Waals surface area contributed by atoms with Gasteiger partial charge in [-0.25, -0.2) is 0 Å². The van der Waals surface area contributed by atoms with Gasteiger partial charge in [0.1, 0.15) is 24.3 Å². The Balaban J connectivity index is 1.58. The number of fused-ring (bicyclic) bond motifs is 1. The molecule has 0 radical (unpaired) electrons. The zero-order chi connectivity index (χ0) is 18.2. The third kappa shape index (κ3) is 3.92. The number of hydrogen-bond donors (Lipinski definition) is 0. The summed E-state index contributed by atoms with van der Waals surface area (Å²) >= 11 is 0. The zero-order valence-corrected chi connectivity index (χ0v) is 12.8. The summed E-state index contributed by atoms with van der Waals surface area (Å²) in [6.45, 7) is 2.09. The molecule has 0 bridgehead atoms. The van der Waals surface area contributed by atoms with Crippen molar-refractivity contribution in [2.75, 3.05) is 6.61 Å². The van der Waals surface area contributed by atoms with Gasteiger partial charge in [0.15, 0.2) is 5.60 Å². The molecule has 1 aromatic carbocycles. The standard InChI is InChI=1S/C14H12F3N3O5/c1-13(7-19-6-11(20(21)22)18-12(19)25-13)8-23-9-2-4-10(5-3-9)24-14(15,16)17/h2-6H,7-8H2,1H3/t13-/m1/s1. The topological polar surface area (TPSA) is 88.7 Å². The van der Waals surface area contributed by atoms with E-state index < -0.39 is 16.9 Å². The maximum Gasteiger partial charge on any atom is 0.573 e. The van der Waals surface area contributed by atoms with Gasteiger partial charge in [-0.05, 0) is 36.1 Å². The van der Waals surface area contributed by atoms with Gasteiger partial charge in [0.25, 0.3) is 0 Å². The Bertz CT molecular complexity index is 765. The van der Waals surface area contributed by atoms with Crippen molar-refractivity contribution in [2.45, 2.75) is 25.4 Å². The monoisotopic (exact) mass is 359 g/mol. The second-order valence-electron chi connectivity index (χ2n) is 5.63. The van der Waals surface area contributed by atoms with E-state index in [2.05, 4.69) is 9.72 Å². The second-order valence-corrected chi connectivity index (χ2v) is 5.63. The van der Waals surface area contributed by atoms with Gasteiger partial charge in [-0.15, -0.1) is 13.2 Å². The fourth-order valence-electron chi connectivity index (χ4n) is 2.33. The maximum atomic E-state index is 12.1. The molecule has 0 N–H and O–H groups in total. The number of ether oxygens (including phenoxy) is 3. The summed E-state index contributed by atoms with van der Waals surface area (Å²) in [7, 11) is 0. The number of halogens is 3. The van der Waals surface area contributed by atoms with E-state index in [9.17, 15) is 23.3 Å². The Morgan fingerprint density at radius 2 is 2.00 bits per heavy atom. The van der Waals surface area contributed by atoms with Crippen LogP contribution < -0.4 is 14.2 Å². The normalized spacial score (nSPS) is 19.2. The van der Waals surface area contributed by atoms with Crippen LogP contribution in [0.15, 0.2) is 30.5 Å². The number of aromatic nitrogens is 2. The molecule has 0 saturated heterocycles. The predicted octanol–water partition coefficient (Wildman–Crippen LogP) is 2.92. The van der Waals surface area contributed by atoms with E-state index in [0.717, 1.165) is 12.1 Å². The number of nitrogens with zero attached hydrogens (tertiary/aromatic N) is 3. The van der Waals surface area contributed by atoms with Gasteiger partial charge in [-0.2, -0.15) is 0 Å². The summed E-state index contributed by atoms with van der Waals surface area (Å²) in [4.78, 5) is 13.8. The largest absolute Gasteiger partial charge is 0.573 e. The Hall–Kier alpha value is -2.98. The fraction of sp³-hybridized carbons (Fsp3) is 0.357. The highest BCUT2D eigenvalue weighted by molar-refractivity contribution is 5.31. The third-order valence-electron chi connectivity index (χ3n) is 3.36. The minimum Gasteiger partial charge on any atom is -0.489 e. The molecule has 2 aromatic rings. The van der Waals surface area contributed by atoms with Crippen LogP contribution in [0.1, 0.15) is 6.92 Å². The first kappa shape index (κ1) is 16.9. The molecule has 2 heterocycles. The van der Waals surface area contributed by atoms with Crippen molar-refractivity contribution in [1.82, 2.24) is 9.55 Å². The second kappa shape index (κ2) is 5.83. The lowest BCUT2D eigenvalue weighted by atomic mass is 10.1. The lowest BCUT2D eigenvalue weighted by Gasteiger charge is -2.22. The number of imidazole rings is 1. The summed E-state index contributed by atoms with van der Waals surface area (Å²) in [5, 5.41) is 10.7. The first-order valence-corrected chi connectivity index (χ1v) is 7.03. The predicted molar refractivity (Wildman–Crippen MR) is 76.5 cm³/mol. The van der Waals surface area contributed by atoms with E-state index in [1.807, 2.05) is 0 Å². The van der Waals surface area contributed by atoms with Crippen LogP contribution in [0.2, 0.25) is 0 Å². The number of benzene rings is 1. The number of rotatable bonds is 5. The molecule has 11 heteroatoms. The first-order chi connectivity index (χ1) is 11.6. The van der Waals surface area contributed by atoms with Gasteiger partial charge in [0, 0.05) is 4.98 Å². The van der Waals surface area contributed by atoms with Crippen LogP contribution in [-0.4, -0.2) is 33.0 Å². The molecule has 8 nitrogen and oxygen atoms in total. The van der Waals surface area contributed by atoms with Crippen molar-refractivity contribution in [3.8, 4) is 17.5 Å². The zero-order valence-electron chi connectivity index (χ0n) is 12.8. The number of alkyl halides is 3. The molecule has 0 aliphatic carbocycles. The summed E-state index contributed by atoms with van der Waals surface area (Å²) < 4.78 is 52.7. The minimum absolute atomic E-state index is 0.0730. The third-order valence-corrected chi connectivity index (χ3v) is 3.36. The quantitative estimate of drug-likeness (QED) is 0.602. The van der Waals surface area contributed by atoms with Gasteiger partial charge >= 0.3 is 18.2 Å².